The molecule has 1 heterocycles. The molecule has 5 nitrogen and oxygen atoms in total. The van der Waals surface area contributed by atoms with Gasteiger partial charge in [0.15, 0.2) is 0 Å². The molecule has 0 bridgehead atoms. The predicted octanol–water partition coefficient (Wildman–Crippen LogP) is 0.0338. The van der Waals surface area contributed by atoms with Crippen molar-refractivity contribution in [2.75, 3.05) is 19.6 Å². The van der Waals surface area contributed by atoms with Crippen LogP contribution in [-0.4, -0.2) is 41.4 Å². The Balaban J connectivity index is 2.52. The lowest BCUT2D eigenvalue weighted by molar-refractivity contribution is -0.119. The van der Waals surface area contributed by atoms with Gasteiger partial charge in [-0.25, -0.2) is 0 Å². The van der Waals surface area contributed by atoms with Crippen molar-refractivity contribution in [2.45, 2.75) is 19.8 Å². The molecule has 0 spiro atoms. The van der Waals surface area contributed by atoms with Crippen LogP contribution in [0.1, 0.15) is 19.8 Å². The van der Waals surface area contributed by atoms with Crippen LogP contribution in [0, 0.1) is 5.92 Å². The van der Waals surface area contributed by atoms with Crippen molar-refractivity contribution in [2.24, 2.45) is 16.8 Å². The third-order valence-corrected chi connectivity index (χ3v) is 2.63. The van der Waals surface area contributed by atoms with Gasteiger partial charge in [0.25, 0.3) is 0 Å². The van der Waals surface area contributed by atoms with Crippen molar-refractivity contribution in [3.8, 4) is 0 Å². The lowest BCUT2D eigenvalue weighted by atomic mass is 9.93. The highest BCUT2D eigenvalue weighted by Crippen LogP contribution is 2.16. The van der Waals surface area contributed by atoms with Crippen molar-refractivity contribution in [1.29, 1.82) is 0 Å². The van der Waals surface area contributed by atoms with E-state index >= 15 is 0 Å². The number of oxime groups is 1. The number of carbonyl (C=O) groups is 1. The molecule has 3 N–H and O–H groups in total. The lowest BCUT2D eigenvalue weighted by Crippen LogP contribution is -2.44. The molecule has 5 heteroatoms. The fourth-order valence-electron chi connectivity index (χ4n) is 1.85. The van der Waals surface area contributed by atoms with Gasteiger partial charge in [-0.1, -0.05) is 12.1 Å². The molecule has 0 radical (unpaired) electrons. The summed E-state index contributed by atoms with van der Waals surface area (Å²) in [6, 6.07) is 0. The van der Waals surface area contributed by atoms with Crippen LogP contribution >= 0.6 is 0 Å². The monoisotopic (exact) mass is 199 g/mol. The van der Waals surface area contributed by atoms with Crippen molar-refractivity contribution in [1.82, 2.24) is 4.90 Å². The molecule has 0 aromatic rings. The molecule has 1 rings (SSSR count). The van der Waals surface area contributed by atoms with Crippen LogP contribution in [0.3, 0.4) is 0 Å². The van der Waals surface area contributed by atoms with Crippen LogP contribution < -0.4 is 5.73 Å². The molecule has 1 aliphatic rings. The first-order valence-corrected chi connectivity index (χ1v) is 4.88. The fourth-order valence-corrected chi connectivity index (χ4v) is 1.85. The first kappa shape index (κ1) is 11.0. The van der Waals surface area contributed by atoms with Crippen LogP contribution in [0.4, 0.5) is 0 Å². The number of nitrogens with zero attached hydrogens (tertiary/aromatic N) is 2. The first-order valence-electron chi connectivity index (χ1n) is 4.88. The second-order valence-electron chi connectivity index (χ2n) is 3.65. The van der Waals surface area contributed by atoms with Gasteiger partial charge < -0.3 is 10.9 Å². The number of carbonyl (C=O) groups excluding carboxylic acids is 1. The molecule has 1 atom stereocenters. The number of hydrogen-bond acceptors (Lipinski definition) is 4. The van der Waals surface area contributed by atoms with Gasteiger partial charge >= 0.3 is 0 Å². The second kappa shape index (κ2) is 4.95. The number of primary amides is 1. The van der Waals surface area contributed by atoms with Gasteiger partial charge in [0.2, 0.25) is 5.91 Å². The molecule has 1 unspecified atom stereocenters. The fraction of sp³-hybridized carbons (Fsp3) is 0.778. The lowest BCUT2D eigenvalue weighted by Gasteiger charge is -2.31. The number of nitrogens with two attached hydrogens (primary N) is 1. The highest BCUT2D eigenvalue weighted by Gasteiger charge is 2.25. The highest BCUT2D eigenvalue weighted by molar-refractivity contribution is 5.87. The maximum Gasteiger partial charge on any atom is 0.231 e. The van der Waals surface area contributed by atoms with E-state index in [2.05, 4.69) is 5.16 Å². The second-order valence-corrected chi connectivity index (χ2v) is 3.65. The van der Waals surface area contributed by atoms with E-state index in [1.54, 1.807) is 0 Å². The van der Waals surface area contributed by atoms with Crippen LogP contribution in [0.15, 0.2) is 5.16 Å². The SMILES string of the molecule is CCC1CN(CC(N)=O)CC/C1=N\O. The minimum atomic E-state index is -0.302. The summed E-state index contributed by atoms with van der Waals surface area (Å²) in [7, 11) is 0. The van der Waals surface area contributed by atoms with Crippen LogP contribution in [0.5, 0.6) is 0 Å². The van der Waals surface area contributed by atoms with Gasteiger partial charge in [0.1, 0.15) is 0 Å². The zero-order chi connectivity index (χ0) is 10.6. The third kappa shape index (κ3) is 2.70. The van der Waals surface area contributed by atoms with Gasteiger partial charge in [0.05, 0.1) is 12.3 Å². The standard InChI is InChI=1S/C9H17N3O2/c1-2-7-5-12(6-9(10)13)4-3-8(7)11-14/h7,14H,2-6H2,1H3,(H2,10,13)/b11-8+. The Morgan fingerprint density at radius 2 is 2.50 bits per heavy atom. The van der Waals surface area contributed by atoms with E-state index in [0.717, 1.165) is 31.6 Å². The molecular formula is C9H17N3O2. The topological polar surface area (TPSA) is 78.9 Å². The van der Waals surface area contributed by atoms with Crippen molar-refractivity contribution < 1.29 is 10.0 Å². The zero-order valence-electron chi connectivity index (χ0n) is 8.44. The predicted molar refractivity (Wildman–Crippen MR) is 53.3 cm³/mol. The van der Waals surface area contributed by atoms with E-state index in [1.807, 2.05) is 11.8 Å². The zero-order valence-corrected chi connectivity index (χ0v) is 8.44. The summed E-state index contributed by atoms with van der Waals surface area (Å²) in [5.41, 5.74) is 5.96. The number of piperidine rings is 1. The molecule has 1 saturated heterocycles. The van der Waals surface area contributed by atoms with E-state index in [0.29, 0.717) is 6.54 Å². The van der Waals surface area contributed by atoms with Crippen LogP contribution in [-0.2, 0) is 4.79 Å². The Kier molecular flexibility index (Phi) is 3.88. The number of rotatable bonds is 3. The molecule has 0 aliphatic carbocycles. The normalized spacial score (nSPS) is 26.6. The largest absolute Gasteiger partial charge is 0.411 e. The van der Waals surface area contributed by atoms with Gasteiger partial charge in [-0.15, -0.1) is 0 Å². The molecular weight excluding hydrogens is 182 g/mol. The summed E-state index contributed by atoms with van der Waals surface area (Å²) in [6.07, 6.45) is 1.65. The van der Waals surface area contributed by atoms with E-state index in [-0.39, 0.29) is 11.8 Å². The summed E-state index contributed by atoms with van der Waals surface area (Å²) < 4.78 is 0. The molecule has 0 aromatic heterocycles. The average Bonchev–Trinajstić information content (AvgIpc) is 2.16. The summed E-state index contributed by atoms with van der Waals surface area (Å²) in [6.45, 7) is 3.86. The maximum absolute atomic E-state index is 10.7. The molecule has 80 valence electrons. The molecule has 1 amide bonds. The minimum absolute atomic E-state index is 0.257. The summed E-state index contributed by atoms with van der Waals surface area (Å²) in [5.74, 6) is -0.0441. The average molecular weight is 199 g/mol. The van der Waals surface area contributed by atoms with Gasteiger partial charge in [-0.3, -0.25) is 9.69 Å². The Hall–Kier alpha value is -1.10. The van der Waals surface area contributed by atoms with E-state index < -0.39 is 0 Å². The Labute approximate surface area is 83.6 Å². The third-order valence-electron chi connectivity index (χ3n) is 2.63. The van der Waals surface area contributed by atoms with Crippen molar-refractivity contribution in [3.05, 3.63) is 0 Å². The van der Waals surface area contributed by atoms with Gasteiger partial charge in [0, 0.05) is 25.4 Å². The molecule has 0 saturated carbocycles. The smallest absolute Gasteiger partial charge is 0.231 e. The number of amides is 1. The van der Waals surface area contributed by atoms with E-state index in [1.165, 1.54) is 0 Å². The van der Waals surface area contributed by atoms with E-state index in [9.17, 15) is 4.79 Å². The molecule has 14 heavy (non-hydrogen) atoms. The quantitative estimate of drug-likeness (QED) is 0.497. The minimum Gasteiger partial charge on any atom is -0.411 e. The Morgan fingerprint density at radius 3 is 3.00 bits per heavy atom. The van der Waals surface area contributed by atoms with Crippen LogP contribution in [0.2, 0.25) is 0 Å². The summed E-state index contributed by atoms with van der Waals surface area (Å²) >= 11 is 0. The summed E-state index contributed by atoms with van der Waals surface area (Å²) in [5, 5.41) is 12.0. The summed E-state index contributed by atoms with van der Waals surface area (Å²) in [4.78, 5) is 12.7. The number of likely N-dealkylation sites (tertiary alicyclic amines) is 1. The van der Waals surface area contributed by atoms with Crippen molar-refractivity contribution >= 4 is 11.6 Å². The number of hydrogen-bond donors (Lipinski definition) is 2. The van der Waals surface area contributed by atoms with Gasteiger partial charge in [-0.05, 0) is 6.42 Å². The molecule has 1 fully saturated rings. The molecule has 0 aromatic carbocycles. The maximum atomic E-state index is 10.7. The van der Waals surface area contributed by atoms with Gasteiger partial charge in [-0.2, -0.15) is 0 Å². The Bertz CT molecular complexity index is 240. The highest BCUT2D eigenvalue weighted by atomic mass is 16.4. The van der Waals surface area contributed by atoms with E-state index in [4.69, 9.17) is 10.9 Å². The first-order chi connectivity index (χ1) is 6.67. The van der Waals surface area contributed by atoms with Crippen LogP contribution in [0.25, 0.3) is 0 Å². The Morgan fingerprint density at radius 1 is 1.79 bits per heavy atom. The van der Waals surface area contributed by atoms with Crippen molar-refractivity contribution in [3.63, 3.8) is 0 Å². The molecule has 1 aliphatic heterocycles.